The minimum atomic E-state index is -0.518. The molecule has 1 aromatic heterocycles. The number of benzene rings is 1. The number of nitrogens with one attached hydrogen (secondary N) is 2. The molecule has 0 fully saturated rings. The molecular weight excluding hydrogens is 458 g/mol. The molecule has 3 rings (SSSR count). The summed E-state index contributed by atoms with van der Waals surface area (Å²) in [7, 11) is 0. The highest BCUT2D eigenvalue weighted by Gasteiger charge is 2.28. The molecule has 1 aliphatic rings. The summed E-state index contributed by atoms with van der Waals surface area (Å²) in [4.78, 5) is 17.6. The van der Waals surface area contributed by atoms with Crippen LogP contribution in [0, 0.1) is 28.9 Å². The summed E-state index contributed by atoms with van der Waals surface area (Å²) in [5, 5.41) is 6.54. The molecule has 1 heterocycles. The molecular formula is C29H46F2N4O. The van der Waals surface area contributed by atoms with E-state index in [-0.39, 0.29) is 36.1 Å². The van der Waals surface area contributed by atoms with Gasteiger partial charge in [0, 0.05) is 31.3 Å². The quantitative estimate of drug-likeness (QED) is 0.378. The van der Waals surface area contributed by atoms with E-state index < -0.39 is 11.6 Å². The maximum Gasteiger partial charge on any atom is 0.228 e. The number of amides is 1. The van der Waals surface area contributed by atoms with E-state index in [0.717, 1.165) is 44.0 Å². The summed E-state index contributed by atoms with van der Waals surface area (Å²) in [6.07, 6.45) is 8.05. The van der Waals surface area contributed by atoms with Gasteiger partial charge < -0.3 is 15.2 Å². The summed E-state index contributed by atoms with van der Waals surface area (Å²) in [6, 6.07) is 2.41. The van der Waals surface area contributed by atoms with Crippen LogP contribution in [-0.4, -0.2) is 28.5 Å². The van der Waals surface area contributed by atoms with Crippen LogP contribution in [0.5, 0.6) is 0 Å². The van der Waals surface area contributed by atoms with E-state index in [1.165, 1.54) is 6.07 Å². The lowest BCUT2D eigenvalue weighted by Crippen LogP contribution is -2.40. The second kappa shape index (κ2) is 12.3. The number of rotatable bonds is 10. The van der Waals surface area contributed by atoms with Crippen molar-refractivity contribution in [1.82, 2.24) is 14.9 Å². The predicted octanol–water partition coefficient (Wildman–Crippen LogP) is 6.72. The van der Waals surface area contributed by atoms with Gasteiger partial charge in [-0.25, -0.2) is 13.8 Å². The maximum atomic E-state index is 14.3. The highest BCUT2D eigenvalue weighted by Crippen LogP contribution is 2.33. The van der Waals surface area contributed by atoms with E-state index in [9.17, 15) is 13.6 Å². The van der Waals surface area contributed by atoms with Gasteiger partial charge in [0.15, 0.2) is 5.82 Å². The molecule has 7 heteroatoms. The molecule has 1 aliphatic carbocycles. The molecule has 5 nitrogen and oxygen atoms in total. The second-order valence-corrected chi connectivity index (χ2v) is 12.0. The molecule has 0 bridgehead atoms. The van der Waals surface area contributed by atoms with Crippen molar-refractivity contribution in [2.75, 3.05) is 18.4 Å². The number of carbonyl (C=O) groups excluding carboxylic acids is 1. The summed E-state index contributed by atoms with van der Waals surface area (Å²) >= 11 is 0. The van der Waals surface area contributed by atoms with Crippen LogP contribution in [0.2, 0.25) is 0 Å². The van der Waals surface area contributed by atoms with Crippen molar-refractivity contribution in [1.29, 1.82) is 0 Å². The number of aromatic nitrogens is 2. The van der Waals surface area contributed by atoms with Crippen molar-refractivity contribution in [3.63, 3.8) is 0 Å². The Bertz CT molecular complexity index is 1010. The lowest BCUT2D eigenvalue weighted by atomic mass is 9.78. The fourth-order valence-electron chi connectivity index (χ4n) is 4.95. The Morgan fingerprint density at radius 2 is 1.92 bits per heavy atom. The number of halogens is 2. The Hall–Kier alpha value is -2.28. The Morgan fingerprint density at radius 1 is 1.19 bits per heavy atom. The zero-order valence-electron chi connectivity index (χ0n) is 22.2. The van der Waals surface area contributed by atoms with Crippen molar-refractivity contribution in [3.05, 3.63) is 47.4 Å². The predicted molar refractivity (Wildman–Crippen MR) is 144 cm³/mol. The topological polar surface area (TPSA) is 59.0 Å². The van der Waals surface area contributed by atoms with Gasteiger partial charge in [0.2, 0.25) is 5.91 Å². The zero-order chi connectivity index (χ0) is 25.8. The van der Waals surface area contributed by atoms with Crippen LogP contribution in [0.3, 0.4) is 0 Å². The number of hydrogen-bond donors (Lipinski definition) is 2. The molecule has 1 aromatic carbocycles. The van der Waals surface area contributed by atoms with Crippen LogP contribution >= 0.6 is 0 Å². The molecule has 2 aromatic rings. The molecule has 0 saturated heterocycles. The van der Waals surface area contributed by atoms with Gasteiger partial charge in [0.05, 0.1) is 11.9 Å². The third-order valence-corrected chi connectivity index (χ3v) is 6.94. The first-order valence-corrected chi connectivity index (χ1v) is 12.9. The molecule has 0 radical (unpaired) electrons. The average molecular weight is 505 g/mol. The number of anilines is 1. The molecule has 2 atom stereocenters. The Labute approximate surface area is 216 Å². The number of imidazole rings is 1. The molecule has 202 valence electrons. The zero-order valence-corrected chi connectivity index (χ0v) is 22.2. The standard InChI is InChI=1S/C28H42F2N4O.CH4/c1-7-8-21(11-19-9-10-20-13-22(29)14-24(30)23(20)12-19)26(35)33-25-15-34(18-32-25)28(5,6)17-31-16-27(2,3)4;/h13-15,18-19,21,31H,7-12,16-17H2,1-6H3,(H,33,35);1H4/t19-,21-;/m1./s1. The van der Waals surface area contributed by atoms with Crippen LogP contribution in [0.4, 0.5) is 14.6 Å². The first kappa shape index (κ1) is 29.9. The Kier molecular flexibility index (Phi) is 10.2. The van der Waals surface area contributed by atoms with Gasteiger partial charge in [0.1, 0.15) is 11.6 Å². The van der Waals surface area contributed by atoms with Gasteiger partial charge in [-0.15, -0.1) is 0 Å². The number of carbonyl (C=O) groups is 1. The first-order valence-electron chi connectivity index (χ1n) is 12.9. The fourth-order valence-corrected chi connectivity index (χ4v) is 4.95. The van der Waals surface area contributed by atoms with Crippen molar-refractivity contribution in [2.45, 2.75) is 93.0 Å². The van der Waals surface area contributed by atoms with Crippen LogP contribution < -0.4 is 10.6 Å². The fraction of sp³-hybridized carbons (Fsp3) is 0.655. The highest BCUT2D eigenvalue weighted by molar-refractivity contribution is 5.91. The summed E-state index contributed by atoms with van der Waals surface area (Å²) in [5.41, 5.74) is 1.39. The summed E-state index contributed by atoms with van der Waals surface area (Å²) in [5.74, 6) is -0.430. The van der Waals surface area contributed by atoms with Gasteiger partial charge >= 0.3 is 0 Å². The third-order valence-electron chi connectivity index (χ3n) is 6.94. The SMILES string of the molecule is C.CCC[C@H](C[C@H]1CCc2cc(F)cc(F)c2C1)C(=O)Nc1cn(C(C)(C)CNCC(C)(C)C)cn1. The molecule has 2 N–H and O–H groups in total. The van der Waals surface area contributed by atoms with E-state index in [4.69, 9.17) is 0 Å². The largest absolute Gasteiger partial charge is 0.328 e. The monoisotopic (exact) mass is 504 g/mol. The van der Waals surface area contributed by atoms with Gasteiger partial charge in [-0.05, 0) is 74.5 Å². The third kappa shape index (κ3) is 8.12. The molecule has 1 amide bonds. The first-order chi connectivity index (χ1) is 16.4. The second-order valence-electron chi connectivity index (χ2n) is 12.0. The lowest BCUT2D eigenvalue weighted by molar-refractivity contribution is -0.120. The molecule has 0 aliphatic heterocycles. The van der Waals surface area contributed by atoms with Crippen LogP contribution in [-0.2, 0) is 23.2 Å². The minimum absolute atomic E-state index is 0. The van der Waals surface area contributed by atoms with Crippen LogP contribution in [0.1, 0.15) is 85.8 Å². The van der Waals surface area contributed by atoms with Gasteiger partial charge in [-0.1, -0.05) is 41.5 Å². The summed E-state index contributed by atoms with van der Waals surface area (Å²) in [6.45, 7) is 14.7. The van der Waals surface area contributed by atoms with Crippen LogP contribution in [0.15, 0.2) is 24.7 Å². The lowest BCUT2D eigenvalue weighted by Gasteiger charge is -2.29. The van der Waals surface area contributed by atoms with E-state index in [0.29, 0.717) is 30.6 Å². The van der Waals surface area contributed by atoms with Crippen LogP contribution in [0.25, 0.3) is 0 Å². The molecule has 0 saturated carbocycles. The Morgan fingerprint density at radius 3 is 2.58 bits per heavy atom. The molecule has 36 heavy (non-hydrogen) atoms. The van der Waals surface area contributed by atoms with Crippen molar-refractivity contribution >= 4 is 11.7 Å². The minimum Gasteiger partial charge on any atom is -0.328 e. The van der Waals surface area contributed by atoms with E-state index >= 15 is 0 Å². The number of aryl methyl sites for hydroxylation is 1. The van der Waals surface area contributed by atoms with E-state index in [1.54, 1.807) is 6.33 Å². The van der Waals surface area contributed by atoms with Crippen molar-refractivity contribution < 1.29 is 13.6 Å². The normalized spacial score (nSPS) is 16.7. The maximum absolute atomic E-state index is 14.3. The summed E-state index contributed by atoms with van der Waals surface area (Å²) < 4.78 is 29.9. The average Bonchev–Trinajstić information content (AvgIpc) is 3.22. The Balaban J connectivity index is 0.00000456. The van der Waals surface area contributed by atoms with E-state index in [1.807, 2.05) is 10.8 Å². The highest BCUT2D eigenvalue weighted by atomic mass is 19.1. The number of nitrogens with zero attached hydrogens (tertiary/aromatic N) is 2. The van der Waals surface area contributed by atoms with Crippen molar-refractivity contribution in [3.8, 4) is 0 Å². The molecule has 0 unspecified atom stereocenters. The number of fused-ring (bicyclic) bond motifs is 1. The smallest absolute Gasteiger partial charge is 0.228 e. The van der Waals surface area contributed by atoms with E-state index in [2.05, 4.69) is 57.2 Å². The van der Waals surface area contributed by atoms with Crippen molar-refractivity contribution in [2.24, 2.45) is 17.3 Å². The van der Waals surface area contributed by atoms with Gasteiger partial charge in [-0.2, -0.15) is 0 Å². The van der Waals surface area contributed by atoms with Gasteiger partial charge in [0.25, 0.3) is 0 Å². The molecule has 0 spiro atoms. The van der Waals surface area contributed by atoms with Gasteiger partial charge in [-0.3, -0.25) is 4.79 Å². The number of hydrogen-bond acceptors (Lipinski definition) is 3.